The van der Waals surface area contributed by atoms with E-state index in [9.17, 15) is 4.79 Å². The van der Waals surface area contributed by atoms with E-state index in [2.05, 4.69) is 0 Å². The average Bonchev–Trinajstić information content (AvgIpc) is 3.11. The normalized spacial score (nSPS) is 16.5. The quantitative estimate of drug-likeness (QED) is 0.477. The number of thioether (sulfide) groups is 1. The minimum Gasteiger partial charge on any atom is -0.457 e. The van der Waals surface area contributed by atoms with Crippen molar-refractivity contribution in [3.63, 3.8) is 0 Å². The number of halogens is 2. The fourth-order valence-electron chi connectivity index (χ4n) is 2.28. The van der Waals surface area contributed by atoms with Crippen LogP contribution < -0.4 is 0 Å². The molecule has 0 N–H and O–H groups in total. The first-order valence-electron chi connectivity index (χ1n) is 7.30. The number of carbonyl (C=O) groups excluding carboxylic acids is 1. The molecule has 0 bridgehead atoms. The summed E-state index contributed by atoms with van der Waals surface area (Å²) in [5.41, 5.74) is 0.822. The van der Waals surface area contributed by atoms with Gasteiger partial charge in [-0.25, -0.2) is 0 Å². The number of rotatable bonds is 4. The van der Waals surface area contributed by atoms with E-state index in [-0.39, 0.29) is 5.91 Å². The van der Waals surface area contributed by atoms with Gasteiger partial charge in [0.2, 0.25) is 0 Å². The van der Waals surface area contributed by atoms with Gasteiger partial charge in [-0.05, 0) is 36.8 Å². The van der Waals surface area contributed by atoms with Gasteiger partial charge in [-0.3, -0.25) is 9.69 Å². The van der Waals surface area contributed by atoms with Gasteiger partial charge >= 0.3 is 0 Å². The van der Waals surface area contributed by atoms with E-state index in [1.807, 2.05) is 25.1 Å². The highest BCUT2D eigenvalue weighted by molar-refractivity contribution is 8.26. The van der Waals surface area contributed by atoms with Crippen molar-refractivity contribution in [3.8, 4) is 11.3 Å². The SMILES string of the molecule is CCCN1C(=O)/C(=C/c2ccc(-c3ccc(Cl)c(Cl)c3)o2)SC1=S. The molecule has 0 unspecified atom stereocenters. The summed E-state index contributed by atoms with van der Waals surface area (Å²) in [4.78, 5) is 14.5. The molecule has 0 atom stereocenters. The van der Waals surface area contributed by atoms with Crippen molar-refractivity contribution >= 4 is 63.5 Å². The predicted molar refractivity (Wildman–Crippen MR) is 104 cm³/mol. The fraction of sp³-hybridized carbons (Fsp3) is 0.176. The Morgan fingerprint density at radius 3 is 2.75 bits per heavy atom. The molecule has 0 aliphatic carbocycles. The third-order valence-corrected chi connectivity index (χ3v) is 5.54. The van der Waals surface area contributed by atoms with Crippen molar-refractivity contribution in [2.45, 2.75) is 13.3 Å². The van der Waals surface area contributed by atoms with E-state index < -0.39 is 0 Å². The summed E-state index contributed by atoms with van der Waals surface area (Å²) in [6, 6.07) is 8.93. The Bertz CT molecular complexity index is 845. The first kappa shape index (κ1) is 17.5. The second-order valence-corrected chi connectivity index (χ2v) is 7.65. The Hall–Kier alpha value is -1.27. The van der Waals surface area contributed by atoms with Crippen molar-refractivity contribution < 1.29 is 9.21 Å². The van der Waals surface area contributed by atoms with E-state index >= 15 is 0 Å². The van der Waals surface area contributed by atoms with Gasteiger partial charge in [0.15, 0.2) is 0 Å². The zero-order chi connectivity index (χ0) is 17.3. The highest BCUT2D eigenvalue weighted by Crippen LogP contribution is 2.34. The maximum atomic E-state index is 12.3. The summed E-state index contributed by atoms with van der Waals surface area (Å²) in [6.07, 6.45) is 2.58. The summed E-state index contributed by atoms with van der Waals surface area (Å²) in [5, 5.41) is 0.958. The van der Waals surface area contributed by atoms with Crippen molar-refractivity contribution in [2.24, 2.45) is 0 Å². The monoisotopic (exact) mass is 397 g/mol. The molecule has 1 aliphatic heterocycles. The van der Waals surface area contributed by atoms with Crippen molar-refractivity contribution in [1.29, 1.82) is 0 Å². The molecule has 0 spiro atoms. The van der Waals surface area contributed by atoms with Gasteiger partial charge in [-0.15, -0.1) is 0 Å². The highest BCUT2D eigenvalue weighted by Gasteiger charge is 2.31. The lowest BCUT2D eigenvalue weighted by atomic mass is 10.2. The number of nitrogens with zero attached hydrogens (tertiary/aromatic N) is 1. The maximum absolute atomic E-state index is 12.3. The van der Waals surface area contributed by atoms with Crippen LogP contribution in [0.2, 0.25) is 10.0 Å². The van der Waals surface area contributed by atoms with Gasteiger partial charge in [0, 0.05) is 18.2 Å². The number of hydrogen-bond acceptors (Lipinski definition) is 4. The minimum absolute atomic E-state index is 0.0701. The van der Waals surface area contributed by atoms with Gasteiger partial charge < -0.3 is 4.42 Å². The lowest BCUT2D eigenvalue weighted by Crippen LogP contribution is -2.28. The maximum Gasteiger partial charge on any atom is 0.266 e. The van der Waals surface area contributed by atoms with Crippen LogP contribution in [0.4, 0.5) is 0 Å². The molecule has 3 rings (SSSR count). The third kappa shape index (κ3) is 3.54. The number of benzene rings is 1. The molecule has 7 heteroatoms. The van der Waals surface area contributed by atoms with Crippen molar-refractivity contribution in [1.82, 2.24) is 4.90 Å². The largest absolute Gasteiger partial charge is 0.457 e. The van der Waals surface area contributed by atoms with Crippen LogP contribution in [0.15, 0.2) is 39.7 Å². The van der Waals surface area contributed by atoms with Crippen LogP contribution in [0.25, 0.3) is 17.4 Å². The molecule has 24 heavy (non-hydrogen) atoms. The molecular weight excluding hydrogens is 385 g/mol. The van der Waals surface area contributed by atoms with Crippen LogP contribution in [0, 0.1) is 0 Å². The van der Waals surface area contributed by atoms with E-state index in [0.717, 1.165) is 12.0 Å². The Labute approximate surface area is 159 Å². The van der Waals surface area contributed by atoms with Crippen LogP contribution in [0.1, 0.15) is 19.1 Å². The summed E-state index contributed by atoms with van der Waals surface area (Å²) in [5.74, 6) is 1.18. The van der Waals surface area contributed by atoms with Crippen LogP contribution >= 0.6 is 47.2 Å². The van der Waals surface area contributed by atoms with Crippen LogP contribution in [-0.4, -0.2) is 21.7 Å². The Balaban J connectivity index is 1.85. The van der Waals surface area contributed by atoms with Gasteiger partial charge in [0.1, 0.15) is 15.8 Å². The second kappa shape index (κ2) is 7.31. The fourth-order valence-corrected chi connectivity index (χ4v) is 3.87. The number of furan rings is 1. The van der Waals surface area contributed by atoms with Gasteiger partial charge in [-0.2, -0.15) is 0 Å². The number of thiocarbonyl (C=S) groups is 1. The molecule has 1 fully saturated rings. The highest BCUT2D eigenvalue weighted by atomic mass is 35.5. The zero-order valence-electron chi connectivity index (χ0n) is 12.7. The van der Waals surface area contributed by atoms with E-state index in [1.54, 1.807) is 23.1 Å². The molecule has 1 aliphatic rings. The molecular formula is C17H13Cl2NO2S2. The van der Waals surface area contributed by atoms with Gasteiger partial charge in [0.05, 0.1) is 15.0 Å². The predicted octanol–water partition coefficient (Wildman–Crippen LogP) is 5.86. The van der Waals surface area contributed by atoms with E-state index in [1.165, 1.54) is 11.8 Å². The molecule has 1 aromatic carbocycles. The lowest BCUT2D eigenvalue weighted by Gasteiger charge is -2.11. The Kier molecular flexibility index (Phi) is 5.35. The summed E-state index contributed by atoms with van der Waals surface area (Å²) < 4.78 is 6.39. The minimum atomic E-state index is -0.0701. The summed E-state index contributed by atoms with van der Waals surface area (Å²) in [7, 11) is 0. The topological polar surface area (TPSA) is 33.5 Å². The summed E-state index contributed by atoms with van der Waals surface area (Å²) in [6.45, 7) is 2.65. The number of amides is 1. The summed E-state index contributed by atoms with van der Waals surface area (Å²) >= 11 is 18.5. The first-order chi connectivity index (χ1) is 11.5. The van der Waals surface area contributed by atoms with Gasteiger partial charge in [0.25, 0.3) is 5.91 Å². The van der Waals surface area contributed by atoms with Crippen molar-refractivity contribution in [2.75, 3.05) is 6.54 Å². The molecule has 2 heterocycles. The standard InChI is InChI=1S/C17H13Cl2NO2S2/c1-2-7-20-16(21)15(24-17(20)23)9-11-4-6-14(22-11)10-3-5-12(18)13(19)8-10/h3-6,8-9H,2,7H2,1H3/b15-9-. The zero-order valence-corrected chi connectivity index (χ0v) is 15.9. The van der Waals surface area contributed by atoms with Gasteiger partial charge in [-0.1, -0.05) is 54.1 Å². The molecule has 124 valence electrons. The molecule has 0 radical (unpaired) electrons. The third-order valence-electron chi connectivity index (χ3n) is 3.43. The smallest absolute Gasteiger partial charge is 0.266 e. The Morgan fingerprint density at radius 1 is 1.25 bits per heavy atom. The Morgan fingerprint density at radius 2 is 2.04 bits per heavy atom. The van der Waals surface area contributed by atoms with Crippen LogP contribution in [-0.2, 0) is 4.79 Å². The number of carbonyl (C=O) groups is 1. The van der Waals surface area contributed by atoms with Crippen LogP contribution in [0.5, 0.6) is 0 Å². The molecule has 2 aromatic rings. The molecule has 3 nitrogen and oxygen atoms in total. The second-order valence-electron chi connectivity index (χ2n) is 5.16. The molecule has 1 saturated heterocycles. The lowest BCUT2D eigenvalue weighted by molar-refractivity contribution is -0.122. The number of hydrogen-bond donors (Lipinski definition) is 0. The average molecular weight is 398 g/mol. The molecule has 1 amide bonds. The molecule has 1 aromatic heterocycles. The van der Waals surface area contributed by atoms with Crippen molar-refractivity contribution in [3.05, 3.63) is 51.0 Å². The van der Waals surface area contributed by atoms with E-state index in [4.69, 9.17) is 39.8 Å². The van der Waals surface area contributed by atoms with Crippen LogP contribution in [0.3, 0.4) is 0 Å². The molecule has 0 saturated carbocycles. The first-order valence-corrected chi connectivity index (χ1v) is 9.28. The van der Waals surface area contributed by atoms with E-state index in [0.29, 0.717) is 37.3 Å².